The molecule has 1 aliphatic carbocycles. The van der Waals surface area contributed by atoms with Crippen molar-refractivity contribution in [2.24, 2.45) is 5.92 Å². The molecule has 1 N–H and O–H groups in total. The maximum Gasteiger partial charge on any atom is 0.229 e. The third-order valence-corrected chi connectivity index (χ3v) is 5.37. The first-order chi connectivity index (χ1) is 9.31. The van der Waals surface area contributed by atoms with Gasteiger partial charge in [0.25, 0.3) is 0 Å². The largest absolute Gasteiger partial charge is 0.303 e. The van der Waals surface area contributed by atoms with Gasteiger partial charge in [-0.15, -0.1) is 10.2 Å². The van der Waals surface area contributed by atoms with E-state index in [0.717, 1.165) is 29.5 Å². The number of hydrogen-bond donors (Lipinski definition) is 1. The molecular formula is C12H18N4OS2. The highest BCUT2D eigenvalue weighted by Crippen LogP contribution is 2.31. The quantitative estimate of drug-likeness (QED) is 0.643. The molecule has 0 atom stereocenters. The van der Waals surface area contributed by atoms with E-state index in [1.165, 1.54) is 37.3 Å². The fraction of sp³-hybridized carbons (Fsp3) is 0.750. The van der Waals surface area contributed by atoms with Crippen molar-refractivity contribution in [1.29, 1.82) is 0 Å². The highest BCUT2D eigenvalue weighted by atomic mass is 32.2. The zero-order valence-electron chi connectivity index (χ0n) is 10.8. The van der Waals surface area contributed by atoms with Crippen molar-refractivity contribution >= 4 is 34.1 Å². The van der Waals surface area contributed by atoms with Gasteiger partial charge < -0.3 is 10.2 Å². The number of anilines is 1. The summed E-state index contributed by atoms with van der Waals surface area (Å²) < 4.78 is 0.949. The number of carbonyl (C=O) groups is 1. The Morgan fingerprint density at radius 1 is 1.37 bits per heavy atom. The molecule has 0 spiro atoms. The molecule has 5 nitrogen and oxygen atoms in total. The van der Waals surface area contributed by atoms with Crippen LogP contribution in [0.15, 0.2) is 4.34 Å². The molecule has 3 rings (SSSR count). The molecule has 1 saturated carbocycles. The first kappa shape index (κ1) is 13.3. The molecular weight excluding hydrogens is 280 g/mol. The van der Waals surface area contributed by atoms with Crippen molar-refractivity contribution in [3.05, 3.63) is 0 Å². The van der Waals surface area contributed by atoms with Crippen LogP contribution in [0.3, 0.4) is 0 Å². The third kappa shape index (κ3) is 3.90. The standard InChI is InChI=1S/C12H18N4OS2/c17-10(9-3-4-9)13-11-14-15-12(19-11)18-8-7-16-5-1-2-6-16/h9H,1-8H2,(H,13,14,17). The van der Waals surface area contributed by atoms with E-state index in [9.17, 15) is 4.79 Å². The maximum atomic E-state index is 11.6. The second-order valence-corrected chi connectivity index (χ2v) is 7.35. The van der Waals surface area contributed by atoms with Crippen LogP contribution in [-0.2, 0) is 4.79 Å². The fourth-order valence-electron chi connectivity index (χ4n) is 2.14. The lowest BCUT2D eigenvalue weighted by atomic mass is 10.4. The Hall–Kier alpha value is -0.660. The first-order valence-electron chi connectivity index (χ1n) is 6.81. The van der Waals surface area contributed by atoms with Gasteiger partial charge in [0.2, 0.25) is 11.0 Å². The predicted molar refractivity (Wildman–Crippen MR) is 77.7 cm³/mol. The Morgan fingerprint density at radius 2 is 2.16 bits per heavy atom. The maximum absolute atomic E-state index is 11.6. The summed E-state index contributed by atoms with van der Waals surface area (Å²) in [6.07, 6.45) is 4.70. The highest BCUT2D eigenvalue weighted by molar-refractivity contribution is 8.01. The number of thioether (sulfide) groups is 1. The minimum absolute atomic E-state index is 0.102. The third-order valence-electron chi connectivity index (χ3n) is 3.42. The van der Waals surface area contributed by atoms with E-state index in [1.54, 1.807) is 11.8 Å². The minimum Gasteiger partial charge on any atom is -0.303 e. The number of likely N-dealkylation sites (tertiary alicyclic amines) is 1. The summed E-state index contributed by atoms with van der Waals surface area (Å²) in [4.78, 5) is 14.1. The van der Waals surface area contributed by atoms with Gasteiger partial charge in [0, 0.05) is 18.2 Å². The molecule has 7 heteroatoms. The zero-order valence-corrected chi connectivity index (χ0v) is 12.4. The summed E-state index contributed by atoms with van der Waals surface area (Å²) in [5.41, 5.74) is 0. The van der Waals surface area contributed by atoms with Crippen LogP contribution in [0.2, 0.25) is 0 Å². The summed E-state index contributed by atoms with van der Waals surface area (Å²) in [6, 6.07) is 0. The van der Waals surface area contributed by atoms with Crippen molar-refractivity contribution in [2.75, 3.05) is 30.7 Å². The number of hydrogen-bond acceptors (Lipinski definition) is 6. The van der Waals surface area contributed by atoms with Gasteiger partial charge in [-0.3, -0.25) is 4.79 Å². The number of rotatable bonds is 6. The van der Waals surface area contributed by atoms with Crippen LogP contribution >= 0.6 is 23.1 Å². The van der Waals surface area contributed by atoms with Gasteiger partial charge >= 0.3 is 0 Å². The molecule has 1 amide bonds. The van der Waals surface area contributed by atoms with Crippen LogP contribution in [0, 0.1) is 5.92 Å². The van der Waals surface area contributed by atoms with Crippen LogP contribution in [0.4, 0.5) is 5.13 Å². The molecule has 1 aliphatic heterocycles. The first-order valence-corrected chi connectivity index (χ1v) is 8.61. The van der Waals surface area contributed by atoms with E-state index in [4.69, 9.17) is 0 Å². The van der Waals surface area contributed by atoms with Crippen molar-refractivity contribution in [1.82, 2.24) is 15.1 Å². The molecule has 19 heavy (non-hydrogen) atoms. The Morgan fingerprint density at radius 3 is 2.89 bits per heavy atom. The van der Waals surface area contributed by atoms with Crippen LogP contribution < -0.4 is 5.32 Å². The van der Waals surface area contributed by atoms with Crippen LogP contribution in [0.5, 0.6) is 0 Å². The number of nitrogens with one attached hydrogen (secondary N) is 1. The van der Waals surface area contributed by atoms with Crippen LogP contribution in [-0.4, -0.2) is 46.4 Å². The number of amides is 1. The van der Waals surface area contributed by atoms with Crippen molar-refractivity contribution in [3.8, 4) is 0 Å². The molecule has 2 fully saturated rings. The zero-order chi connectivity index (χ0) is 13.1. The molecule has 104 valence electrons. The monoisotopic (exact) mass is 298 g/mol. The number of aromatic nitrogens is 2. The van der Waals surface area contributed by atoms with Gasteiger partial charge in [-0.25, -0.2) is 0 Å². The molecule has 2 heterocycles. The van der Waals surface area contributed by atoms with Gasteiger partial charge in [-0.2, -0.15) is 0 Å². The SMILES string of the molecule is O=C(Nc1nnc(SCCN2CCCC2)s1)C1CC1. The summed E-state index contributed by atoms with van der Waals surface area (Å²) >= 11 is 3.21. The smallest absolute Gasteiger partial charge is 0.229 e. The molecule has 2 aliphatic rings. The Balaban J connectivity index is 1.40. The van der Waals surface area contributed by atoms with Crippen LogP contribution in [0.1, 0.15) is 25.7 Å². The fourth-order valence-corrected chi connectivity index (χ4v) is 3.97. The summed E-state index contributed by atoms with van der Waals surface area (Å²) in [7, 11) is 0. The van der Waals surface area contributed by atoms with Crippen molar-refractivity contribution in [2.45, 2.75) is 30.0 Å². The predicted octanol–water partition coefficient (Wildman–Crippen LogP) is 2.07. The Bertz CT molecular complexity index is 441. The lowest BCUT2D eigenvalue weighted by Gasteiger charge is -2.12. The lowest BCUT2D eigenvalue weighted by molar-refractivity contribution is -0.117. The second kappa shape index (κ2) is 6.19. The molecule has 1 aromatic heterocycles. The minimum atomic E-state index is 0.102. The summed E-state index contributed by atoms with van der Waals surface area (Å²) in [5.74, 6) is 1.37. The molecule has 0 bridgehead atoms. The Labute approximate surface area is 121 Å². The highest BCUT2D eigenvalue weighted by Gasteiger charge is 2.30. The lowest BCUT2D eigenvalue weighted by Crippen LogP contribution is -2.21. The van der Waals surface area contributed by atoms with Gasteiger partial charge in [-0.1, -0.05) is 23.1 Å². The number of nitrogens with zero attached hydrogens (tertiary/aromatic N) is 3. The van der Waals surface area contributed by atoms with Crippen molar-refractivity contribution < 1.29 is 4.79 Å². The molecule has 0 radical (unpaired) electrons. The number of carbonyl (C=O) groups excluding carboxylic acids is 1. The molecule has 1 saturated heterocycles. The van der Waals surface area contributed by atoms with E-state index < -0.39 is 0 Å². The van der Waals surface area contributed by atoms with E-state index in [-0.39, 0.29) is 11.8 Å². The van der Waals surface area contributed by atoms with Gasteiger partial charge in [-0.05, 0) is 38.8 Å². The normalized spacial score (nSPS) is 19.8. The summed E-state index contributed by atoms with van der Waals surface area (Å²) in [5, 5.41) is 11.6. The van der Waals surface area contributed by atoms with E-state index in [1.807, 2.05) is 0 Å². The van der Waals surface area contributed by atoms with E-state index in [2.05, 4.69) is 20.4 Å². The van der Waals surface area contributed by atoms with E-state index in [0.29, 0.717) is 5.13 Å². The second-order valence-electron chi connectivity index (χ2n) is 5.03. The molecule has 1 aromatic rings. The molecule has 0 aromatic carbocycles. The average Bonchev–Trinajstić information content (AvgIpc) is 2.96. The molecule has 0 unspecified atom stereocenters. The van der Waals surface area contributed by atoms with E-state index >= 15 is 0 Å². The van der Waals surface area contributed by atoms with Gasteiger partial charge in [0.05, 0.1) is 0 Å². The topological polar surface area (TPSA) is 58.1 Å². The Kier molecular flexibility index (Phi) is 4.35. The average molecular weight is 298 g/mol. The van der Waals surface area contributed by atoms with Crippen molar-refractivity contribution in [3.63, 3.8) is 0 Å². The van der Waals surface area contributed by atoms with Crippen LogP contribution in [0.25, 0.3) is 0 Å². The van der Waals surface area contributed by atoms with Gasteiger partial charge in [0.1, 0.15) is 0 Å². The van der Waals surface area contributed by atoms with Gasteiger partial charge in [0.15, 0.2) is 4.34 Å². The summed E-state index contributed by atoms with van der Waals surface area (Å²) in [6.45, 7) is 3.59.